The molecule has 0 saturated heterocycles. The number of hydrogen-bond donors (Lipinski definition) is 0. The summed E-state index contributed by atoms with van der Waals surface area (Å²) < 4.78 is 5.80. The van der Waals surface area contributed by atoms with E-state index in [9.17, 15) is 0 Å². The molecule has 0 radical (unpaired) electrons. The standard InChI is InChI=1S/C15H14BrClO/c16-11-13-10-14(17)6-7-15(13)18-9-8-12-4-2-1-3-5-12/h1-7,10H,8-9,11H2. The van der Waals surface area contributed by atoms with E-state index in [0.717, 1.165) is 28.1 Å². The quantitative estimate of drug-likeness (QED) is 0.714. The van der Waals surface area contributed by atoms with Gasteiger partial charge < -0.3 is 4.74 Å². The maximum atomic E-state index is 5.95. The first kappa shape index (κ1) is 13.4. The van der Waals surface area contributed by atoms with Crippen LogP contribution in [0.15, 0.2) is 48.5 Å². The Kier molecular flexibility index (Phi) is 5.09. The van der Waals surface area contributed by atoms with Crippen molar-refractivity contribution in [1.29, 1.82) is 0 Å². The molecule has 0 N–H and O–H groups in total. The van der Waals surface area contributed by atoms with E-state index in [1.807, 2.05) is 36.4 Å². The van der Waals surface area contributed by atoms with Crippen LogP contribution < -0.4 is 4.74 Å². The van der Waals surface area contributed by atoms with E-state index < -0.39 is 0 Å². The average molecular weight is 326 g/mol. The van der Waals surface area contributed by atoms with Gasteiger partial charge in [-0.1, -0.05) is 57.9 Å². The Morgan fingerprint density at radius 3 is 2.56 bits per heavy atom. The molecule has 0 aliphatic carbocycles. The highest BCUT2D eigenvalue weighted by Gasteiger charge is 2.03. The van der Waals surface area contributed by atoms with Crippen molar-refractivity contribution in [3.05, 3.63) is 64.7 Å². The lowest BCUT2D eigenvalue weighted by Crippen LogP contribution is -2.02. The maximum Gasteiger partial charge on any atom is 0.123 e. The van der Waals surface area contributed by atoms with Gasteiger partial charge in [-0.2, -0.15) is 0 Å². The van der Waals surface area contributed by atoms with Gasteiger partial charge in [0, 0.05) is 22.3 Å². The molecule has 1 nitrogen and oxygen atoms in total. The summed E-state index contributed by atoms with van der Waals surface area (Å²) in [4.78, 5) is 0. The van der Waals surface area contributed by atoms with Gasteiger partial charge in [0.15, 0.2) is 0 Å². The molecule has 0 heterocycles. The Labute approximate surface area is 121 Å². The first-order valence-corrected chi connectivity index (χ1v) is 7.30. The molecule has 0 aromatic heterocycles. The van der Waals surface area contributed by atoms with Gasteiger partial charge in [-0.25, -0.2) is 0 Å². The minimum absolute atomic E-state index is 0.672. The molecule has 0 fully saturated rings. The summed E-state index contributed by atoms with van der Waals surface area (Å²) in [5.74, 6) is 0.896. The molecule has 18 heavy (non-hydrogen) atoms. The molecule has 3 heteroatoms. The number of hydrogen-bond acceptors (Lipinski definition) is 1. The van der Waals surface area contributed by atoms with Crippen molar-refractivity contribution in [3.63, 3.8) is 0 Å². The zero-order valence-electron chi connectivity index (χ0n) is 9.90. The second kappa shape index (κ2) is 6.81. The Hall–Kier alpha value is -0.990. The summed E-state index contributed by atoms with van der Waals surface area (Å²) in [6.07, 6.45) is 0.908. The number of alkyl halides is 1. The molecule has 0 unspecified atom stereocenters. The average Bonchev–Trinajstić information content (AvgIpc) is 2.41. The fourth-order valence-corrected chi connectivity index (χ4v) is 2.35. The molecule has 0 bridgehead atoms. The topological polar surface area (TPSA) is 9.23 Å². The highest BCUT2D eigenvalue weighted by molar-refractivity contribution is 9.08. The van der Waals surface area contributed by atoms with Crippen molar-refractivity contribution in [2.24, 2.45) is 0 Å². The summed E-state index contributed by atoms with van der Waals surface area (Å²) in [7, 11) is 0. The summed E-state index contributed by atoms with van der Waals surface area (Å²) in [5.41, 5.74) is 2.36. The van der Waals surface area contributed by atoms with E-state index in [1.54, 1.807) is 0 Å². The lowest BCUT2D eigenvalue weighted by Gasteiger charge is -2.10. The molecule has 0 spiro atoms. The molecule has 0 amide bonds. The molecular formula is C15H14BrClO. The van der Waals surface area contributed by atoms with Gasteiger partial charge in [-0.15, -0.1) is 0 Å². The lowest BCUT2D eigenvalue weighted by atomic mass is 10.2. The van der Waals surface area contributed by atoms with Crippen LogP contribution in [0.3, 0.4) is 0 Å². The normalized spacial score (nSPS) is 10.3. The van der Waals surface area contributed by atoms with Gasteiger partial charge in [-0.05, 0) is 23.8 Å². The summed E-state index contributed by atoms with van der Waals surface area (Å²) in [5, 5.41) is 1.48. The molecule has 2 rings (SSSR count). The molecule has 2 aromatic carbocycles. The van der Waals surface area contributed by atoms with Crippen LogP contribution in [0.1, 0.15) is 11.1 Å². The predicted octanol–water partition coefficient (Wildman–Crippen LogP) is 4.86. The summed E-state index contributed by atoms with van der Waals surface area (Å²) >= 11 is 9.39. The van der Waals surface area contributed by atoms with Crippen LogP contribution in [0.4, 0.5) is 0 Å². The van der Waals surface area contributed by atoms with Crippen LogP contribution in [-0.2, 0) is 11.8 Å². The zero-order valence-corrected chi connectivity index (χ0v) is 12.2. The first-order valence-electron chi connectivity index (χ1n) is 5.80. The maximum absolute atomic E-state index is 5.95. The summed E-state index contributed by atoms with van der Waals surface area (Å²) in [6, 6.07) is 16.0. The highest BCUT2D eigenvalue weighted by atomic mass is 79.9. The van der Waals surface area contributed by atoms with Gasteiger partial charge in [-0.3, -0.25) is 0 Å². The minimum Gasteiger partial charge on any atom is -0.493 e. The molecular weight excluding hydrogens is 312 g/mol. The van der Waals surface area contributed by atoms with E-state index in [1.165, 1.54) is 5.56 Å². The fourth-order valence-electron chi connectivity index (χ4n) is 1.72. The van der Waals surface area contributed by atoms with Crippen LogP contribution in [0, 0.1) is 0 Å². The molecule has 0 aliphatic rings. The smallest absolute Gasteiger partial charge is 0.123 e. The largest absolute Gasteiger partial charge is 0.493 e. The first-order chi connectivity index (χ1) is 8.79. The van der Waals surface area contributed by atoms with Crippen LogP contribution >= 0.6 is 27.5 Å². The van der Waals surface area contributed by atoms with Crippen molar-refractivity contribution in [2.45, 2.75) is 11.8 Å². The number of rotatable bonds is 5. The van der Waals surface area contributed by atoms with E-state index in [4.69, 9.17) is 16.3 Å². The van der Waals surface area contributed by atoms with Crippen molar-refractivity contribution in [1.82, 2.24) is 0 Å². The van der Waals surface area contributed by atoms with E-state index in [0.29, 0.717) is 6.61 Å². The predicted molar refractivity (Wildman–Crippen MR) is 79.7 cm³/mol. The molecule has 0 aliphatic heterocycles. The van der Waals surface area contributed by atoms with Crippen LogP contribution in [0.25, 0.3) is 0 Å². The second-order valence-corrected chi connectivity index (χ2v) is 4.97. The highest BCUT2D eigenvalue weighted by Crippen LogP contribution is 2.25. The minimum atomic E-state index is 0.672. The van der Waals surface area contributed by atoms with Crippen molar-refractivity contribution in [3.8, 4) is 5.75 Å². The van der Waals surface area contributed by atoms with Gasteiger partial charge in [0.2, 0.25) is 0 Å². The zero-order chi connectivity index (χ0) is 12.8. The number of ether oxygens (including phenoxy) is 1. The van der Waals surface area contributed by atoms with E-state index >= 15 is 0 Å². The molecule has 94 valence electrons. The Balaban J connectivity index is 1.94. The Morgan fingerprint density at radius 2 is 1.83 bits per heavy atom. The SMILES string of the molecule is Clc1ccc(OCCc2ccccc2)c(CBr)c1. The van der Waals surface area contributed by atoms with Crippen LogP contribution in [-0.4, -0.2) is 6.61 Å². The number of benzene rings is 2. The molecule has 2 aromatic rings. The van der Waals surface area contributed by atoms with Gasteiger partial charge in [0.25, 0.3) is 0 Å². The van der Waals surface area contributed by atoms with Gasteiger partial charge in [0.05, 0.1) is 6.61 Å². The van der Waals surface area contributed by atoms with Crippen LogP contribution in [0.2, 0.25) is 5.02 Å². The monoisotopic (exact) mass is 324 g/mol. The third-order valence-corrected chi connectivity index (χ3v) is 3.50. The molecule has 0 saturated carbocycles. The lowest BCUT2D eigenvalue weighted by molar-refractivity contribution is 0.319. The third kappa shape index (κ3) is 3.76. The van der Waals surface area contributed by atoms with E-state index in [-0.39, 0.29) is 0 Å². The fraction of sp³-hybridized carbons (Fsp3) is 0.200. The van der Waals surface area contributed by atoms with E-state index in [2.05, 4.69) is 28.1 Å². The second-order valence-electron chi connectivity index (χ2n) is 3.97. The van der Waals surface area contributed by atoms with Gasteiger partial charge >= 0.3 is 0 Å². The van der Waals surface area contributed by atoms with Crippen LogP contribution in [0.5, 0.6) is 5.75 Å². The van der Waals surface area contributed by atoms with Crippen molar-refractivity contribution < 1.29 is 4.74 Å². The Bertz CT molecular complexity index is 499. The van der Waals surface area contributed by atoms with Crippen molar-refractivity contribution in [2.75, 3.05) is 6.61 Å². The Morgan fingerprint density at radius 1 is 1.06 bits per heavy atom. The summed E-state index contributed by atoms with van der Waals surface area (Å²) in [6.45, 7) is 0.672. The third-order valence-electron chi connectivity index (χ3n) is 2.66. The molecule has 0 atom stereocenters. The number of halogens is 2. The van der Waals surface area contributed by atoms with Gasteiger partial charge in [0.1, 0.15) is 5.75 Å². The van der Waals surface area contributed by atoms with Crippen molar-refractivity contribution >= 4 is 27.5 Å².